The molecule has 0 fully saturated rings. The Morgan fingerprint density at radius 3 is 2.83 bits per heavy atom. The van der Waals surface area contributed by atoms with Crippen LogP contribution in [-0.4, -0.2) is 40.3 Å². The fourth-order valence-electron chi connectivity index (χ4n) is 1.66. The van der Waals surface area contributed by atoms with Crippen molar-refractivity contribution in [3.8, 4) is 6.07 Å². The second-order valence-electron chi connectivity index (χ2n) is 4.88. The molecule has 8 heteroatoms. The van der Waals surface area contributed by atoms with Crippen molar-refractivity contribution in [2.45, 2.75) is 17.7 Å². The number of nitrogens with zero attached hydrogens (tertiary/aromatic N) is 4. The van der Waals surface area contributed by atoms with Crippen LogP contribution in [0.5, 0.6) is 0 Å². The first-order valence-corrected chi connectivity index (χ1v) is 8.79. The van der Waals surface area contributed by atoms with E-state index in [0.717, 1.165) is 10.0 Å². The van der Waals surface area contributed by atoms with E-state index in [4.69, 9.17) is 5.26 Å². The van der Waals surface area contributed by atoms with E-state index >= 15 is 0 Å². The van der Waals surface area contributed by atoms with E-state index in [1.165, 1.54) is 28.7 Å². The van der Waals surface area contributed by atoms with Crippen molar-refractivity contribution in [2.75, 3.05) is 24.7 Å². The molecule has 1 aromatic carbocycles. The summed E-state index contributed by atoms with van der Waals surface area (Å²) in [4.78, 5) is 13.4. The molecule has 120 valence electrons. The first-order chi connectivity index (χ1) is 11.1. The number of hydrogen-bond acceptors (Lipinski definition) is 7. The molecule has 0 atom stereocenters. The highest BCUT2D eigenvalue weighted by atomic mass is 32.2. The minimum absolute atomic E-state index is 0.0199. The predicted octanol–water partition coefficient (Wildman–Crippen LogP) is 3.05. The van der Waals surface area contributed by atoms with Crippen LogP contribution in [0.25, 0.3) is 0 Å². The minimum atomic E-state index is -0.0199. The molecule has 1 aromatic heterocycles. The summed E-state index contributed by atoms with van der Waals surface area (Å²) in [7, 11) is 1.70. The molecular weight excluding hydrogens is 330 g/mol. The van der Waals surface area contributed by atoms with E-state index in [0.29, 0.717) is 23.8 Å². The average molecular weight is 347 g/mol. The Kier molecular flexibility index (Phi) is 6.38. The van der Waals surface area contributed by atoms with Gasteiger partial charge >= 0.3 is 0 Å². The normalized spacial score (nSPS) is 10.1. The second-order valence-corrected chi connectivity index (χ2v) is 7.08. The highest BCUT2D eigenvalue weighted by molar-refractivity contribution is 8.01. The van der Waals surface area contributed by atoms with Gasteiger partial charge in [-0.15, -0.1) is 10.2 Å². The first kappa shape index (κ1) is 17.2. The maximum absolute atomic E-state index is 11.9. The van der Waals surface area contributed by atoms with Crippen LogP contribution in [-0.2, 0) is 4.79 Å². The Labute approximate surface area is 143 Å². The molecule has 0 saturated carbocycles. The Morgan fingerprint density at radius 2 is 2.13 bits per heavy atom. The molecule has 0 aliphatic carbocycles. The average Bonchev–Trinajstić information content (AvgIpc) is 3.00. The molecule has 1 N–H and O–H groups in total. The summed E-state index contributed by atoms with van der Waals surface area (Å²) < 4.78 is 0.738. The molecule has 0 saturated heterocycles. The Balaban J connectivity index is 1.84. The van der Waals surface area contributed by atoms with Crippen molar-refractivity contribution < 1.29 is 4.79 Å². The van der Waals surface area contributed by atoms with Gasteiger partial charge in [0.1, 0.15) is 0 Å². The van der Waals surface area contributed by atoms with Gasteiger partial charge < -0.3 is 10.2 Å². The van der Waals surface area contributed by atoms with Gasteiger partial charge in [0.25, 0.3) is 0 Å². The maximum Gasteiger partial charge on any atom is 0.232 e. The van der Waals surface area contributed by atoms with E-state index in [1.54, 1.807) is 11.9 Å². The standard InChI is InChI=1S/C15H17N5OS2/c1-11-4-6-12(7-5-11)17-14-18-19-15(23-14)22-10-13(21)20(2)9-3-8-16/h4-7H,3,9-10H2,1-2H3,(H,17,18). The number of aromatic nitrogens is 2. The third kappa shape index (κ3) is 5.54. The van der Waals surface area contributed by atoms with Crippen LogP contribution in [0.1, 0.15) is 12.0 Å². The van der Waals surface area contributed by atoms with Crippen molar-refractivity contribution in [3.63, 3.8) is 0 Å². The molecule has 2 aromatic rings. The van der Waals surface area contributed by atoms with Crippen molar-refractivity contribution in [1.82, 2.24) is 15.1 Å². The number of benzene rings is 1. The van der Waals surface area contributed by atoms with Crippen LogP contribution in [0, 0.1) is 18.3 Å². The van der Waals surface area contributed by atoms with E-state index in [-0.39, 0.29) is 5.91 Å². The molecule has 6 nitrogen and oxygen atoms in total. The van der Waals surface area contributed by atoms with Gasteiger partial charge in [-0.2, -0.15) is 5.26 Å². The van der Waals surface area contributed by atoms with E-state index in [9.17, 15) is 4.79 Å². The monoisotopic (exact) mass is 347 g/mol. The molecule has 2 rings (SSSR count). The van der Waals surface area contributed by atoms with Crippen LogP contribution in [0.4, 0.5) is 10.8 Å². The summed E-state index contributed by atoms with van der Waals surface area (Å²) in [6.45, 7) is 2.49. The minimum Gasteiger partial charge on any atom is -0.344 e. The maximum atomic E-state index is 11.9. The molecule has 1 amide bonds. The lowest BCUT2D eigenvalue weighted by molar-refractivity contribution is -0.127. The number of carbonyl (C=O) groups excluding carboxylic acids is 1. The number of anilines is 2. The van der Waals surface area contributed by atoms with Gasteiger partial charge in [-0.1, -0.05) is 40.8 Å². The van der Waals surface area contributed by atoms with Crippen molar-refractivity contribution in [3.05, 3.63) is 29.8 Å². The Morgan fingerprint density at radius 1 is 1.39 bits per heavy atom. The zero-order valence-electron chi connectivity index (χ0n) is 12.9. The topological polar surface area (TPSA) is 81.9 Å². The molecule has 1 heterocycles. The molecule has 0 aliphatic heterocycles. The number of rotatable bonds is 7. The lowest BCUT2D eigenvalue weighted by Gasteiger charge is -2.14. The number of nitrogens with one attached hydrogen (secondary N) is 1. The van der Waals surface area contributed by atoms with Gasteiger partial charge in [0, 0.05) is 19.3 Å². The van der Waals surface area contributed by atoms with E-state index in [1.807, 2.05) is 37.3 Å². The lowest BCUT2D eigenvalue weighted by atomic mass is 10.2. The number of carbonyl (C=O) groups is 1. The summed E-state index contributed by atoms with van der Waals surface area (Å²) in [5, 5.41) is 20.6. The summed E-state index contributed by atoms with van der Waals surface area (Å²) in [6.07, 6.45) is 0.344. The molecule has 0 spiro atoms. The molecule has 0 unspecified atom stereocenters. The Bertz CT molecular complexity index is 693. The molecule has 0 bridgehead atoms. The number of hydrogen-bond donors (Lipinski definition) is 1. The van der Waals surface area contributed by atoms with Gasteiger partial charge in [-0.05, 0) is 19.1 Å². The number of thioether (sulfide) groups is 1. The molecular formula is C15H17N5OS2. The second kappa shape index (κ2) is 8.50. The predicted molar refractivity (Wildman–Crippen MR) is 93.0 cm³/mol. The van der Waals surface area contributed by atoms with Gasteiger partial charge in [-0.25, -0.2) is 0 Å². The van der Waals surface area contributed by atoms with Crippen LogP contribution in [0.15, 0.2) is 28.6 Å². The smallest absolute Gasteiger partial charge is 0.232 e. The highest BCUT2D eigenvalue weighted by Crippen LogP contribution is 2.27. The first-order valence-electron chi connectivity index (χ1n) is 6.99. The zero-order chi connectivity index (χ0) is 16.7. The van der Waals surface area contributed by atoms with Crippen LogP contribution >= 0.6 is 23.1 Å². The summed E-state index contributed by atoms with van der Waals surface area (Å²) in [6, 6.07) is 10.0. The third-order valence-corrected chi connectivity index (χ3v) is 4.97. The largest absolute Gasteiger partial charge is 0.344 e. The van der Waals surface area contributed by atoms with Gasteiger partial charge in [0.05, 0.1) is 18.2 Å². The van der Waals surface area contributed by atoms with Crippen LogP contribution in [0.3, 0.4) is 0 Å². The van der Waals surface area contributed by atoms with Gasteiger partial charge in [0.15, 0.2) is 4.34 Å². The quantitative estimate of drug-likeness (QED) is 0.775. The summed E-state index contributed by atoms with van der Waals surface area (Å²) >= 11 is 2.76. The number of amides is 1. The zero-order valence-corrected chi connectivity index (χ0v) is 14.6. The van der Waals surface area contributed by atoms with Crippen LogP contribution in [0.2, 0.25) is 0 Å². The fourth-order valence-corrected chi connectivity index (χ4v) is 3.37. The summed E-state index contributed by atoms with van der Waals surface area (Å²) in [5.74, 6) is 0.273. The Hall–Kier alpha value is -2.11. The number of aryl methyl sites for hydroxylation is 1. The van der Waals surface area contributed by atoms with Gasteiger partial charge in [0.2, 0.25) is 11.0 Å². The van der Waals surface area contributed by atoms with Crippen molar-refractivity contribution >= 4 is 39.8 Å². The van der Waals surface area contributed by atoms with Crippen molar-refractivity contribution in [1.29, 1.82) is 5.26 Å². The van der Waals surface area contributed by atoms with Gasteiger partial charge in [-0.3, -0.25) is 4.79 Å². The molecule has 0 aliphatic rings. The number of nitriles is 1. The SMILES string of the molecule is Cc1ccc(Nc2nnc(SCC(=O)N(C)CCC#N)s2)cc1. The summed E-state index contributed by atoms with van der Waals surface area (Å²) in [5.41, 5.74) is 2.15. The molecule has 0 radical (unpaired) electrons. The fraction of sp³-hybridized carbons (Fsp3) is 0.333. The third-order valence-electron chi connectivity index (χ3n) is 3.01. The van der Waals surface area contributed by atoms with Crippen molar-refractivity contribution in [2.24, 2.45) is 0 Å². The van der Waals surface area contributed by atoms with E-state index < -0.39 is 0 Å². The molecule has 23 heavy (non-hydrogen) atoms. The lowest BCUT2D eigenvalue weighted by Crippen LogP contribution is -2.29. The highest BCUT2D eigenvalue weighted by Gasteiger charge is 2.11. The van der Waals surface area contributed by atoms with E-state index in [2.05, 4.69) is 15.5 Å². The van der Waals surface area contributed by atoms with Crippen LogP contribution < -0.4 is 5.32 Å².